The van der Waals surface area contributed by atoms with E-state index in [-0.39, 0.29) is 17.6 Å². The standard InChI is InChI=1S/C36H52N2O6/c1-27(2)14-10-7-8-11-15-34(39)37-25-28-16-21-32(33(24-28)42-6)43-35(40)44-36(22-12-9-13-23-36)31(26-38(3)4)29-17-19-30(41-5)20-18-29/h10,14,16-21,24,27,31H,7-9,11-13,15,22-23,25-26H2,1-6H3,(H,37,39)/b14-10+. The molecule has 1 fully saturated rings. The van der Waals surface area contributed by atoms with Crippen molar-refractivity contribution in [2.75, 3.05) is 34.9 Å². The van der Waals surface area contributed by atoms with Crippen molar-refractivity contribution in [2.45, 2.75) is 89.7 Å². The van der Waals surface area contributed by atoms with Gasteiger partial charge in [0.15, 0.2) is 11.5 Å². The van der Waals surface area contributed by atoms with Gasteiger partial charge in [-0.15, -0.1) is 0 Å². The Balaban J connectivity index is 1.65. The van der Waals surface area contributed by atoms with Gasteiger partial charge in [-0.25, -0.2) is 4.79 Å². The van der Waals surface area contributed by atoms with Crippen LogP contribution < -0.4 is 19.5 Å². The van der Waals surface area contributed by atoms with E-state index < -0.39 is 11.8 Å². The molecule has 1 N–H and O–H groups in total. The van der Waals surface area contributed by atoms with Gasteiger partial charge < -0.3 is 29.2 Å². The highest BCUT2D eigenvalue weighted by Crippen LogP contribution is 2.44. The minimum Gasteiger partial charge on any atom is -0.497 e. The molecule has 1 atom stereocenters. The summed E-state index contributed by atoms with van der Waals surface area (Å²) in [6.07, 6.45) is 11.5. The first-order valence-electron chi connectivity index (χ1n) is 16.0. The molecule has 8 heteroatoms. The van der Waals surface area contributed by atoms with E-state index in [1.165, 1.54) is 7.11 Å². The van der Waals surface area contributed by atoms with Gasteiger partial charge in [-0.1, -0.05) is 50.6 Å². The molecule has 0 bridgehead atoms. The van der Waals surface area contributed by atoms with Gasteiger partial charge in [0.05, 0.1) is 14.2 Å². The summed E-state index contributed by atoms with van der Waals surface area (Å²) in [6, 6.07) is 13.3. The third kappa shape index (κ3) is 10.9. The molecule has 0 heterocycles. The van der Waals surface area contributed by atoms with Gasteiger partial charge in [0, 0.05) is 25.4 Å². The molecule has 2 aromatic carbocycles. The maximum absolute atomic E-state index is 13.4. The first-order chi connectivity index (χ1) is 21.2. The molecule has 0 saturated heterocycles. The summed E-state index contributed by atoms with van der Waals surface area (Å²) in [4.78, 5) is 27.9. The van der Waals surface area contributed by atoms with E-state index >= 15 is 0 Å². The molecule has 2 aromatic rings. The highest BCUT2D eigenvalue weighted by atomic mass is 16.7. The number of benzene rings is 2. The Bertz CT molecular complexity index is 1200. The molecule has 0 spiro atoms. The first-order valence-corrected chi connectivity index (χ1v) is 16.0. The number of allylic oxidation sites excluding steroid dienone is 2. The predicted molar refractivity (Wildman–Crippen MR) is 175 cm³/mol. The van der Waals surface area contributed by atoms with E-state index in [9.17, 15) is 9.59 Å². The summed E-state index contributed by atoms with van der Waals surface area (Å²) in [7, 11) is 7.25. The molecule has 8 nitrogen and oxygen atoms in total. The first kappa shape index (κ1) is 35.0. The second-order valence-corrected chi connectivity index (χ2v) is 12.3. The Morgan fingerprint density at radius 1 is 0.955 bits per heavy atom. The Labute approximate surface area is 264 Å². The zero-order chi connectivity index (χ0) is 32.0. The highest BCUT2D eigenvalue weighted by molar-refractivity contribution is 5.75. The number of carbonyl (C=O) groups excluding carboxylic acids is 2. The Morgan fingerprint density at radius 3 is 2.32 bits per heavy atom. The third-order valence-electron chi connectivity index (χ3n) is 8.14. The van der Waals surface area contributed by atoms with Crippen LogP contribution in [0.25, 0.3) is 0 Å². The Morgan fingerprint density at radius 2 is 1.68 bits per heavy atom. The van der Waals surface area contributed by atoms with E-state index in [0.717, 1.165) is 74.8 Å². The van der Waals surface area contributed by atoms with Crippen LogP contribution in [0, 0.1) is 5.92 Å². The number of hydrogen-bond acceptors (Lipinski definition) is 7. The second-order valence-electron chi connectivity index (χ2n) is 12.3. The SMILES string of the molecule is COc1ccc(C(CN(C)C)C2(OC(=O)Oc3ccc(CNC(=O)CCCC/C=C/C(C)C)cc3OC)CCCCC2)cc1. The van der Waals surface area contributed by atoms with E-state index in [1.807, 2.05) is 32.3 Å². The lowest BCUT2D eigenvalue weighted by Crippen LogP contribution is -2.47. The monoisotopic (exact) mass is 608 g/mol. The van der Waals surface area contributed by atoms with Crippen molar-refractivity contribution in [3.63, 3.8) is 0 Å². The van der Waals surface area contributed by atoms with Crippen LogP contribution in [0.1, 0.15) is 88.7 Å². The van der Waals surface area contributed by atoms with Gasteiger partial charge in [0.1, 0.15) is 11.4 Å². The molecule has 1 saturated carbocycles. The van der Waals surface area contributed by atoms with Crippen molar-refractivity contribution in [2.24, 2.45) is 5.92 Å². The zero-order valence-electron chi connectivity index (χ0n) is 27.5. The van der Waals surface area contributed by atoms with Gasteiger partial charge in [0.25, 0.3) is 0 Å². The molecule has 3 rings (SSSR count). The van der Waals surface area contributed by atoms with Gasteiger partial charge in [-0.05, 0) is 100 Å². The number of carbonyl (C=O) groups is 2. The average Bonchev–Trinajstić information content (AvgIpc) is 3.01. The zero-order valence-corrected chi connectivity index (χ0v) is 27.5. The van der Waals surface area contributed by atoms with Crippen LogP contribution in [0.2, 0.25) is 0 Å². The molecule has 0 aromatic heterocycles. The number of hydrogen-bond donors (Lipinski definition) is 1. The number of unbranched alkanes of at least 4 members (excludes halogenated alkanes) is 2. The lowest BCUT2D eigenvalue weighted by Gasteiger charge is -2.43. The van der Waals surface area contributed by atoms with Gasteiger partial charge in [-0.2, -0.15) is 0 Å². The van der Waals surface area contributed by atoms with Crippen LogP contribution in [0.4, 0.5) is 4.79 Å². The van der Waals surface area contributed by atoms with E-state index in [0.29, 0.717) is 24.6 Å². The van der Waals surface area contributed by atoms with Crippen molar-refractivity contribution < 1.29 is 28.5 Å². The predicted octanol–water partition coefficient (Wildman–Crippen LogP) is 7.66. The van der Waals surface area contributed by atoms with E-state index in [4.69, 9.17) is 18.9 Å². The van der Waals surface area contributed by atoms with E-state index in [1.54, 1.807) is 19.2 Å². The lowest BCUT2D eigenvalue weighted by atomic mass is 9.72. The van der Waals surface area contributed by atoms with Crippen molar-refractivity contribution in [3.05, 3.63) is 65.7 Å². The van der Waals surface area contributed by atoms with Crippen molar-refractivity contribution >= 4 is 12.1 Å². The molecular weight excluding hydrogens is 556 g/mol. The maximum atomic E-state index is 13.4. The average molecular weight is 609 g/mol. The Kier molecular flexibility index (Phi) is 14.1. The minimum atomic E-state index is -0.744. The van der Waals surface area contributed by atoms with Crippen molar-refractivity contribution in [3.8, 4) is 17.2 Å². The molecule has 1 amide bonds. The number of rotatable bonds is 16. The summed E-state index contributed by atoms with van der Waals surface area (Å²) in [5.41, 5.74) is 1.25. The van der Waals surface area contributed by atoms with Gasteiger partial charge in [-0.3, -0.25) is 4.79 Å². The third-order valence-corrected chi connectivity index (χ3v) is 8.14. The summed E-state index contributed by atoms with van der Waals surface area (Å²) in [5.74, 6) is 2.00. The summed E-state index contributed by atoms with van der Waals surface area (Å²) >= 11 is 0. The number of methoxy groups -OCH3 is 2. The molecule has 1 aliphatic rings. The van der Waals surface area contributed by atoms with Crippen LogP contribution >= 0.6 is 0 Å². The quantitative estimate of drug-likeness (QED) is 0.0906. The number of ether oxygens (including phenoxy) is 4. The summed E-state index contributed by atoms with van der Waals surface area (Å²) in [5, 5.41) is 2.97. The molecule has 0 radical (unpaired) electrons. The molecular formula is C36H52N2O6. The number of likely N-dealkylation sites (N-methyl/N-ethyl adjacent to an activating group) is 1. The lowest BCUT2D eigenvalue weighted by molar-refractivity contribution is -0.121. The fourth-order valence-electron chi connectivity index (χ4n) is 5.84. The van der Waals surface area contributed by atoms with Crippen molar-refractivity contribution in [1.29, 1.82) is 0 Å². The van der Waals surface area contributed by atoms with Crippen LogP contribution in [0.3, 0.4) is 0 Å². The highest BCUT2D eigenvalue weighted by Gasteiger charge is 2.45. The van der Waals surface area contributed by atoms with Crippen LogP contribution in [-0.2, 0) is 16.1 Å². The fourth-order valence-corrected chi connectivity index (χ4v) is 5.84. The molecule has 242 valence electrons. The second kappa shape index (κ2) is 17.7. The number of nitrogens with one attached hydrogen (secondary N) is 1. The largest absolute Gasteiger partial charge is 0.514 e. The smallest absolute Gasteiger partial charge is 0.497 e. The fraction of sp³-hybridized carbons (Fsp3) is 0.556. The van der Waals surface area contributed by atoms with Crippen molar-refractivity contribution in [1.82, 2.24) is 10.2 Å². The maximum Gasteiger partial charge on any atom is 0.514 e. The van der Waals surface area contributed by atoms with Gasteiger partial charge in [0.2, 0.25) is 5.91 Å². The van der Waals surface area contributed by atoms with E-state index in [2.05, 4.69) is 48.3 Å². The molecule has 0 aliphatic heterocycles. The van der Waals surface area contributed by atoms with Crippen LogP contribution in [-0.4, -0.2) is 57.4 Å². The summed E-state index contributed by atoms with van der Waals surface area (Å²) < 4.78 is 23.0. The molecule has 1 unspecified atom stereocenters. The normalized spacial score (nSPS) is 15.3. The topological polar surface area (TPSA) is 86.3 Å². The Hall–Kier alpha value is -3.52. The number of nitrogens with zero attached hydrogens (tertiary/aromatic N) is 1. The number of amides is 1. The molecule has 44 heavy (non-hydrogen) atoms. The van der Waals surface area contributed by atoms with Crippen LogP contribution in [0.15, 0.2) is 54.6 Å². The molecule has 1 aliphatic carbocycles. The summed E-state index contributed by atoms with van der Waals surface area (Å²) in [6.45, 7) is 5.40. The minimum absolute atomic E-state index is 0.0163. The van der Waals surface area contributed by atoms with Crippen LogP contribution in [0.5, 0.6) is 17.2 Å². The van der Waals surface area contributed by atoms with Gasteiger partial charge >= 0.3 is 6.16 Å².